The van der Waals surface area contributed by atoms with Crippen molar-refractivity contribution in [3.8, 4) is 0 Å². The number of unbranched alkanes of at least 4 members (excludes halogenated alkanes) is 11. The van der Waals surface area contributed by atoms with Gasteiger partial charge in [-0.25, -0.2) is 0 Å². The molecule has 0 radical (unpaired) electrons. The van der Waals surface area contributed by atoms with Gasteiger partial charge in [-0.3, -0.25) is 4.79 Å². The highest BCUT2D eigenvalue weighted by Crippen LogP contribution is 2.17. The molecule has 0 bridgehead atoms. The minimum absolute atomic E-state index is 0.158. The number of rotatable bonds is 18. The third kappa shape index (κ3) is 16.4. The van der Waals surface area contributed by atoms with Gasteiger partial charge in [0.05, 0.1) is 0 Å². The molecule has 0 aromatic heterocycles. The zero-order valence-corrected chi connectivity index (χ0v) is 17.2. The first kappa shape index (κ1) is 24.1. The third-order valence-corrected chi connectivity index (χ3v) is 5.23. The number of hydrogen-bond donors (Lipinski definition) is 0. The summed E-state index contributed by atoms with van der Waals surface area (Å²) in [6.45, 7) is 4.75. The van der Waals surface area contributed by atoms with Crippen LogP contribution in [0.4, 0.5) is 0 Å². The van der Waals surface area contributed by atoms with Crippen LogP contribution in [0, 0.1) is 5.92 Å². The lowest BCUT2D eigenvalue weighted by Crippen LogP contribution is -2.24. The minimum Gasteiger partial charge on any atom is -0.346 e. The van der Waals surface area contributed by atoms with Gasteiger partial charge in [-0.1, -0.05) is 84.0 Å². The fraction of sp³-hybridized carbons (Fsp3) is 0.909. The summed E-state index contributed by atoms with van der Waals surface area (Å²) in [7, 11) is 1.87. The molecule has 0 saturated carbocycles. The molecule has 0 rings (SSSR count). The van der Waals surface area contributed by atoms with Gasteiger partial charge < -0.3 is 9.69 Å². The van der Waals surface area contributed by atoms with Crippen LogP contribution in [0.2, 0.25) is 0 Å². The van der Waals surface area contributed by atoms with E-state index in [4.69, 9.17) is 0 Å². The minimum atomic E-state index is 0.158. The first-order valence-corrected chi connectivity index (χ1v) is 10.8. The predicted molar refractivity (Wildman–Crippen MR) is 108 cm³/mol. The largest absolute Gasteiger partial charge is 0.346 e. The van der Waals surface area contributed by atoms with E-state index in [1.165, 1.54) is 83.3 Å². The second-order valence-electron chi connectivity index (χ2n) is 7.66. The molecule has 0 heterocycles. The molecule has 3 nitrogen and oxygen atoms in total. The number of nitrogens with zero attached hydrogens (tertiary/aromatic N) is 1. The molecule has 0 fully saturated rings. The summed E-state index contributed by atoms with van der Waals surface area (Å²) in [4.78, 5) is 24.1. The molecule has 0 aliphatic carbocycles. The second-order valence-corrected chi connectivity index (χ2v) is 7.66. The molecule has 0 N–H and O–H groups in total. The van der Waals surface area contributed by atoms with Gasteiger partial charge in [-0.05, 0) is 19.3 Å². The van der Waals surface area contributed by atoms with Crippen LogP contribution in [-0.2, 0) is 9.59 Å². The number of carbonyl (C=O) groups is 2. The van der Waals surface area contributed by atoms with E-state index < -0.39 is 0 Å². The van der Waals surface area contributed by atoms with Crippen LogP contribution in [0.5, 0.6) is 0 Å². The molecule has 0 aromatic carbocycles. The Balaban J connectivity index is 3.38. The topological polar surface area (TPSA) is 37.4 Å². The maximum atomic E-state index is 11.2. The Bertz CT molecular complexity index is 317. The smallest absolute Gasteiger partial charge is 0.219 e. The van der Waals surface area contributed by atoms with E-state index >= 15 is 0 Å². The molecule has 0 spiro atoms. The van der Waals surface area contributed by atoms with E-state index in [-0.39, 0.29) is 5.91 Å². The molecule has 0 saturated heterocycles. The van der Waals surface area contributed by atoms with E-state index in [2.05, 4.69) is 6.92 Å². The molecule has 0 aromatic rings. The lowest BCUT2D eigenvalue weighted by Gasteiger charge is -2.14. The SMILES string of the molecule is CCCCCCCCC(C=O)CCCCCCCCCN(C)C(C)=O. The number of carbonyl (C=O) groups excluding carboxylic acids is 2. The van der Waals surface area contributed by atoms with E-state index in [0.717, 1.165) is 25.8 Å². The van der Waals surface area contributed by atoms with E-state index in [1.807, 2.05) is 7.05 Å². The summed E-state index contributed by atoms with van der Waals surface area (Å²) in [5.74, 6) is 0.457. The molecule has 1 amide bonds. The van der Waals surface area contributed by atoms with Crippen LogP contribution in [0.1, 0.15) is 110 Å². The van der Waals surface area contributed by atoms with Crippen molar-refractivity contribution in [2.24, 2.45) is 5.92 Å². The highest BCUT2D eigenvalue weighted by molar-refractivity contribution is 5.72. The van der Waals surface area contributed by atoms with E-state index in [9.17, 15) is 9.59 Å². The van der Waals surface area contributed by atoms with Gasteiger partial charge in [-0.15, -0.1) is 0 Å². The Hall–Kier alpha value is -0.860. The predicted octanol–water partition coefficient (Wildman–Crippen LogP) is 6.15. The standard InChI is InChI=1S/C22H43NO2/c1-4-5-6-7-11-14-17-22(20-24)18-15-12-9-8-10-13-16-19-23(3)21(2)25/h20,22H,4-19H2,1-3H3. The number of aldehydes is 1. The molecule has 148 valence electrons. The maximum Gasteiger partial charge on any atom is 0.219 e. The molecule has 1 unspecified atom stereocenters. The Morgan fingerprint density at radius 3 is 1.68 bits per heavy atom. The molecule has 0 aliphatic rings. The fourth-order valence-corrected chi connectivity index (χ4v) is 3.26. The summed E-state index contributed by atoms with van der Waals surface area (Å²) in [6.07, 6.45) is 19.9. The lowest BCUT2D eigenvalue weighted by atomic mass is 9.95. The Morgan fingerprint density at radius 2 is 1.24 bits per heavy atom. The molecule has 3 heteroatoms. The summed E-state index contributed by atoms with van der Waals surface area (Å²) in [5, 5.41) is 0. The van der Waals surface area contributed by atoms with Gasteiger partial charge in [0.25, 0.3) is 0 Å². The highest BCUT2D eigenvalue weighted by atomic mass is 16.2. The van der Waals surface area contributed by atoms with Crippen molar-refractivity contribution in [3.05, 3.63) is 0 Å². The van der Waals surface area contributed by atoms with Crippen LogP contribution in [-0.4, -0.2) is 30.7 Å². The molecular formula is C22H43NO2. The molecule has 0 aliphatic heterocycles. The van der Waals surface area contributed by atoms with Gasteiger partial charge in [-0.2, -0.15) is 0 Å². The van der Waals surface area contributed by atoms with Crippen LogP contribution in [0.15, 0.2) is 0 Å². The van der Waals surface area contributed by atoms with Crippen molar-refractivity contribution in [2.45, 2.75) is 110 Å². The Kier molecular flexibility index (Phi) is 17.3. The third-order valence-electron chi connectivity index (χ3n) is 5.23. The Labute approximate surface area is 156 Å². The summed E-state index contributed by atoms with van der Waals surface area (Å²) < 4.78 is 0. The zero-order valence-electron chi connectivity index (χ0n) is 17.2. The van der Waals surface area contributed by atoms with E-state index in [0.29, 0.717) is 5.92 Å². The summed E-state index contributed by atoms with van der Waals surface area (Å²) in [5.41, 5.74) is 0. The van der Waals surface area contributed by atoms with Crippen molar-refractivity contribution in [1.29, 1.82) is 0 Å². The van der Waals surface area contributed by atoms with Crippen LogP contribution in [0.25, 0.3) is 0 Å². The quantitative estimate of drug-likeness (QED) is 0.219. The van der Waals surface area contributed by atoms with Crippen LogP contribution >= 0.6 is 0 Å². The van der Waals surface area contributed by atoms with E-state index in [1.54, 1.807) is 11.8 Å². The van der Waals surface area contributed by atoms with Crippen LogP contribution < -0.4 is 0 Å². The van der Waals surface area contributed by atoms with Gasteiger partial charge in [0.15, 0.2) is 0 Å². The van der Waals surface area contributed by atoms with Gasteiger partial charge in [0.1, 0.15) is 6.29 Å². The van der Waals surface area contributed by atoms with Gasteiger partial charge in [0.2, 0.25) is 5.91 Å². The molecular weight excluding hydrogens is 310 g/mol. The average Bonchev–Trinajstić information content (AvgIpc) is 2.60. The fourth-order valence-electron chi connectivity index (χ4n) is 3.26. The van der Waals surface area contributed by atoms with Crippen molar-refractivity contribution < 1.29 is 9.59 Å². The van der Waals surface area contributed by atoms with Gasteiger partial charge in [0, 0.05) is 26.4 Å². The Morgan fingerprint density at radius 1 is 0.800 bits per heavy atom. The highest BCUT2D eigenvalue weighted by Gasteiger charge is 2.06. The van der Waals surface area contributed by atoms with Crippen molar-refractivity contribution >= 4 is 12.2 Å². The number of amides is 1. The molecule has 25 heavy (non-hydrogen) atoms. The van der Waals surface area contributed by atoms with Crippen LogP contribution in [0.3, 0.4) is 0 Å². The van der Waals surface area contributed by atoms with Crippen molar-refractivity contribution in [1.82, 2.24) is 4.90 Å². The summed E-state index contributed by atoms with van der Waals surface area (Å²) >= 11 is 0. The van der Waals surface area contributed by atoms with Crippen molar-refractivity contribution in [3.63, 3.8) is 0 Å². The monoisotopic (exact) mass is 353 g/mol. The van der Waals surface area contributed by atoms with Crippen molar-refractivity contribution in [2.75, 3.05) is 13.6 Å². The molecule has 1 atom stereocenters. The lowest BCUT2D eigenvalue weighted by molar-refractivity contribution is -0.127. The normalized spacial score (nSPS) is 12.1. The first-order valence-electron chi connectivity index (χ1n) is 10.8. The maximum absolute atomic E-state index is 11.2. The second kappa shape index (κ2) is 17.9. The first-order chi connectivity index (χ1) is 12.1. The zero-order chi connectivity index (χ0) is 18.8. The van der Waals surface area contributed by atoms with Gasteiger partial charge >= 0.3 is 0 Å². The number of hydrogen-bond acceptors (Lipinski definition) is 2. The average molecular weight is 354 g/mol. The summed E-state index contributed by atoms with van der Waals surface area (Å²) in [6, 6.07) is 0.